The molecule has 42 heavy (non-hydrogen) atoms. The van der Waals surface area contributed by atoms with Crippen molar-refractivity contribution in [1.82, 2.24) is 9.80 Å². The van der Waals surface area contributed by atoms with Crippen LogP contribution in [0.5, 0.6) is 0 Å². The lowest BCUT2D eigenvalue weighted by atomic mass is 9.86. The van der Waals surface area contributed by atoms with E-state index in [4.69, 9.17) is 0 Å². The Hall–Kier alpha value is -3.03. The third-order valence-corrected chi connectivity index (χ3v) is 8.87. The molecule has 0 radical (unpaired) electrons. The van der Waals surface area contributed by atoms with Crippen molar-refractivity contribution in [3.05, 3.63) is 57.6 Å². The molecule has 0 bridgehead atoms. The van der Waals surface area contributed by atoms with Crippen LogP contribution >= 0.6 is 0 Å². The molecule has 0 saturated carbocycles. The molecule has 0 aliphatic heterocycles. The Morgan fingerprint density at radius 1 is 0.643 bits per heavy atom. The molecular weight excluding hydrogens is 528 g/mol. The molecule has 0 unspecified atom stereocenters. The number of rotatable bonds is 20. The number of ketones is 1. The Labute approximate surface area is 251 Å². The summed E-state index contributed by atoms with van der Waals surface area (Å²) in [6, 6.07) is 6.57. The third kappa shape index (κ3) is 8.29. The van der Waals surface area contributed by atoms with Crippen LogP contribution in [-0.4, -0.2) is 77.0 Å². The van der Waals surface area contributed by atoms with Gasteiger partial charge in [-0.05, 0) is 118 Å². The first-order valence-electron chi connectivity index (χ1n) is 16.1. The van der Waals surface area contributed by atoms with E-state index < -0.39 is 11.9 Å². The molecule has 0 amide bonds. The Bertz CT molecular complexity index is 1230. The highest BCUT2D eigenvalue weighted by atomic mass is 16.4. The number of carbonyl (C=O) groups is 3. The fourth-order valence-corrected chi connectivity index (χ4v) is 6.29. The van der Waals surface area contributed by atoms with E-state index in [0.29, 0.717) is 35.1 Å². The van der Waals surface area contributed by atoms with Crippen LogP contribution < -0.4 is 0 Å². The van der Waals surface area contributed by atoms with Crippen molar-refractivity contribution in [2.75, 3.05) is 39.3 Å². The van der Waals surface area contributed by atoms with Crippen molar-refractivity contribution in [3.63, 3.8) is 0 Å². The van der Waals surface area contributed by atoms with Gasteiger partial charge in [0, 0.05) is 11.1 Å². The van der Waals surface area contributed by atoms with Crippen LogP contribution in [0, 0.1) is 0 Å². The molecule has 230 valence electrons. The van der Waals surface area contributed by atoms with E-state index in [1.807, 2.05) is 6.07 Å². The maximum Gasteiger partial charge on any atom is 0.336 e. The number of fused-ring (bicyclic) bond motifs is 3. The lowest BCUT2D eigenvalue weighted by Gasteiger charge is -2.18. The van der Waals surface area contributed by atoms with Gasteiger partial charge in [0.1, 0.15) is 0 Å². The molecule has 7 nitrogen and oxygen atoms in total. The lowest BCUT2D eigenvalue weighted by molar-refractivity contribution is 0.0684. The molecule has 2 aromatic carbocycles. The van der Waals surface area contributed by atoms with E-state index in [-0.39, 0.29) is 16.9 Å². The first-order valence-corrected chi connectivity index (χ1v) is 16.1. The number of carboxylic acids is 2. The van der Waals surface area contributed by atoms with E-state index in [0.717, 1.165) is 102 Å². The molecule has 1 aliphatic carbocycles. The number of benzene rings is 2. The van der Waals surface area contributed by atoms with Crippen LogP contribution in [0.3, 0.4) is 0 Å². The predicted octanol–water partition coefficient (Wildman–Crippen LogP) is 7.18. The first-order chi connectivity index (χ1) is 20.3. The van der Waals surface area contributed by atoms with E-state index in [1.165, 1.54) is 12.1 Å². The summed E-state index contributed by atoms with van der Waals surface area (Å²) in [4.78, 5) is 42.9. The van der Waals surface area contributed by atoms with Gasteiger partial charge in [-0.1, -0.05) is 59.4 Å². The normalized spacial score (nSPS) is 12.3. The maximum absolute atomic E-state index is 13.7. The van der Waals surface area contributed by atoms with E-state index in [1.54, 1.807) is 6.07 Å². The zero-order valence-corrected chi connectivity index (χ0v) is 26.1. The van der Waals surface area contributed by atoms with Crippen molar-refractivity contribution in [3.8, 4) is 11.1 Å². The molecule has 2 aromatic rings. The van der Waals surface area contributed by atoms with Gasteiger partial charge in [-0.2, -0.15) is 0 Å². The number of unbranched alkanes of at least 4 members (excludes halogenated alkanes) is 6. The van der Waals surface area contributed by atoms with Crippen molar-refractivity contribution in [2.24, 2.45) is 0 Å². The van der Waals surface area contributed by atoms with Crippen molar-refractivity contribution < 1.29 is 24.6 Å². The average Bonchev–Trinajstić information content (AvgIpc) is 3.26. The molecule has 0 spiro atoms. The number of hydrogen-bond donors (Lipinski definition) is 2. The van der Waals surface area contributed by atoms with Gasteiger partial charge >= 0.3 is 11.9 Å². The van der Waals surface area contributed by atoms with Gasteiger partial charge in [0.05, 0.1) is 11.1 Å². The van der Waals surface area contributed by atoms with Gasteiger partial charge in [0.2, 0.25) is 0 Å². The summed E-state index contributed by atoms with van der Waals surface area (Å²) in [5.74, 6) is -2.33. The number of hydrogen-bond acceptors (Lipinski definition) is 5. The number of carboxylic acid groups (broad SMARTS) is 2. The molecule has 1 aliphatic rings. The molecule has 0 saturated heterocycles. The summed E-state index contributed by atoms with van der Waals surface area (Å²) in [6.45, 7) is 15.0. The SMILES string of the molecule is CCN(CC)CCCCCCc1cc2c(c(CCCCCCN(CC)CC)c1C(=O)O)C(=O)c1cc(C(=O)O)ccc1-2. The largest absolute Gasteiger partial charge is 0.478 e. The fourth-order valence-electron chi connectivity index (χ4n) is 6.29. The second kappa shape index (κ2) is 16.6. The Morgan fingerprint density at radius 3 is 1.71 bits per heavy atom. The van der Waals surface area contributed by atoms with Crippen LogP contribution in [0.1, 0.15) is 127 Å². The zero-order chi connectivity index (χ0) is 30.6. The predicted molar refractivity (Wildman–Crippen MR) is 169 cm³/mol. The zero-order valence-electron chi connectivity index (χ0n) is 26.1. The quantitative estimate of drug-likeness (QED) is 0.137. The molecule has 0 atom stereocenters. The Morgan fingerprint density at radius 2 is 1.19 bits per heavy atom. The van der Waals surface area contributed by atoms with Crippen LogP contribution in [-0.2, 0) is 12.8 Å². The molecule has 7 heteroatoms. The molecule has 0 fully saturated rings. The number of nitrogens with zero attached hydrogens (tertiary/aromatic N) is 2. The van der Waals surface area contributed by atoms with Gasteiger partial charge < -0.3 is 20.0 Å². The second-order valence-electron chi connectivity index (χ2n) is 11.4. The third-order valence-electron chi connectivity index (χ3n) is 8.87. The summed E-state index contributed by atoms with van der Waals surface area (Å²) in [6.07, 6.45) is 9.25. The van der Waals surface area contributed by atoms with Crippen LogP contribution in [0.15, 0.2) is 24.3 Å². The van der Waals surface area contributed by atoms with Gasteiger partial charge in [0.15, 0.2) is 5.78 Å². The minimum Gasteiger partial charge on any atom is -0.478 e. The van der Waals surface area contributed by atoms with Crippen molar-refractivity contribution >= 4 is 17.7 Å². The monoisotopic (exact) mass is 578 g/mol. The number of aryl methyl sites for hydroxylation is 1. The highest BCUT2D eigenvalue weighted by Crippen LogP contribution is 2.42. The lowest BCUT2D eigenvalue weighted by Crippen LogP contribution is -2.23. The molecule has 0 heterocycles. The fraction of sp³-hybridized carbons (Fsp3) is 0.571. The van der Waals surface area contributed by atoms with E-state index in [9.17, 15) is 24.6 Å². The number of aromatic carboxylic acids is 2. The van der Waals surface area contributed by atoms with Gasteiger partial charge in [0.25, 0.3) is 0 Å². The highest BCUT2D eigenvalue weighted by molar-refractivity contribution is 6.24. The summed E-state index contributed by atoms with van der Waals surface area (Å²) in [5.41, 5.74) is 4.02. The van der Waals surface area contributed by atoms with Crippen LogP contribution in [0.4, 0.5) is 0 Å². The maximum atomic E-state index is 13.7. The van der Waals surface area contributed by atoms with Gasteiger partial charge in [-0.15, -0.1) is 0 Å². The molecule has 0 aromatic heterocycles. The van der Waals surface area contributed by atoms with Crippen molar-refractivity contribution in [1.29, 1.82) is 0 Å². The number of carbonyl (C=O) groups excluding carboxylic acids is 1. The Balaban J connectivity index is 1.84. The van der Waals surface area contributed by atoms with Crippen LogP contribution in [0.2, 0.25) is 0 Å². The Kier molecular flexibility index (Phi) is 13.2. The topological polar surface area (TPSA) is 98.2 Å². The summed E-state index contributed by atoms with van der Waals surface area (Å²) >= 11 is 0. The van der Waals surface area contributed by atoms with Crippen molar-refractivity contribution in [2.45, 2.75) is 91.9 Å². The minimum absolute atomic E-state index is 0.0630. The molecule has 2 N–H and O–H groups in total. The smallest absolute Gasteiger partial charge is 0.336 e. The summed E-state index contributed by atoms with van der Waals surface area (Å²) in [5, 5.41) is 19.9. The summed E-state index contributed by atoms with van der Waals surface area (Å²) < 4.78 is 0. The van der Waals surface area contributed by atoms with Crippen LogP contribution in [0.25, 0.3) is 11.1 Å². The molecular formula is C35H50N2O5. The standard InChI is InChI=1S/C35H50N2O5/c1-5-36(6-2)21-15-11-9-13-17-25-23-29-27-20-19-26(34(39)40)24-30(27)33(38)32(29)28(31(25)35(41)42)18-14-10-12-16-22-37(7-3)8-4/h19-20,23-24H,5-18,21-22H2,1-4H3,(H,39,40)(H,41,42). The highest BCUT2D eigenvalue weighted by Gasteiger charge is 2.34. The molecule has 3 rings (SSSR count). The van der Waals surface area contributed by atoms with E-state index in [2.05, 4.69) is 37.5 Å². The van der Waals surface area contributed by atoms with Gasteiger partial charge in [-0.3, -0.25) is 4.79 Å². The minimum atomic E-state index is -1.08. The van der Waals surface area contributed by atoms with E-state index >= 15 is 0 Å². The first kappa shape index (κ1) is 33.5. The van der Waals surface area contributed by atoms with Gasteiger partial charge in [-0.25, -0.2) is 9.59 Å². The second-order valence-corrected chi connectivity index (χ2v) is 11.4. The summed E-state index contributed by atoms with van der Waals surface area (Å²) in [7, 11) is 0. The average molecular weight is 579 g/mol.